The van der Waals surface area contributed by atoms with Gasteiger partial charge < -0.3 is 9.80 Å². The predicted octanol–water partition coefficient (Wildman–Crippen LogP) is 3.27. The number of carbonyl (C=O) groups excluding carboxylic acids is 1. The van der Waals surface area contributed by atoms with Gasteiger partial charge in [0.05, 0.1) is 31.6 Å². The quantitative estimate of drug-likeness (QED) is 0.133. The first-order chi connectivity index (χ1) is 15.8. The van der Waals surface area contributed by atoms with Crippen LogP contribution in [0.15, 0.2) is 0 Å². The van der Waals surface area contributed by atoms with Gasteiger partial charge in [-0.15, -0.1) is 0 Å². The fourth-order valence-electron chi connectivity index (χ4n) is 5.15. The lowest BCUT2D eigenvalue weighted by atomic mass is 10.0. The molecule has 0 spiro atoms. The lowest BCUT2D eigenvalue weighted by molar-refractivity contribution is -0.892. The molecule has 0 aromatic rings. The second-order valence-corrected chi connectivity index (χ2v) is 13.4. The number of rotatable bonds is 19. The zero-order valence-electron chi connectivity index (χ0n) is 21.1. The molecule has 1 aliphatic rings. The minimum Gasteiger partial charge on any atom is -0.351 e. The minimum atomic E-state index is -4.30. The number of hydrogen-bond acceptors (Lipinski definition) is 5. The molecule has 1 aliphatic heterocycles. The molecule has 2 unspecified atom stereocenters. The van der Waals surface area contributed by atoms with Gasteiger partial charge in [-0.3, -0.25) is 13.9 Å². The van der Waals surface area contributed by atoms with E-state index in [0.717, 1.165) is 19.3 Å². The first-order valence-corrected chi connectivity index (χ1v) is 16.1. The Morgan fingerprint density at radius 2 is 1.15 bits per heavy atom. The van der Waals surface area contributed by atoms with E-state index in [1.165, 1.54) is 57.8 Å². The Morgan fingerprint density at radius 3 is 1.53 bits per heavy atom. The molecule has 1 fully saturated rings. The van der Waals surface area contributed by atoms with Gasteiger partial charge in [0.1, 0.15) is 0 Å². The largest absolute Gasteiger partial charge is 0.351 e. The number of nitrogens with zero attached hydrogens (tertiary/aromatic N) is 1. The van der Waals surface area contributed by atoms with Crippen molar-refractivity contribution < 1.29 is 35.2 Å². The Labute approximate surface area is 207 Å². The van der Waals surface area contributed by atoms with E-state index in [4.69, 9.17) is 0 Å². The topological polar surface area (TPSA) is 138 Å². The molecule has 0 aromatic carbocycles. The third-order valence-electron chi connectivity index (χ3n) is 6.74. The smallest absolute Gasteiger partial charge is 0.275 e. The van der Waals surface area contributed by atoms with E-state index in [0.29, 0.717) is 6.54 Å². The van der Waals surface area contributed by atoms with Gasteiger partial charge >= 0.3 is 0 Å². The van der Waals surface area contributed by atoms with Crippen molar-refractivity contribution in [3.8, 4) is 0 Å². The summed E-state index contributed by atoms with van der Waals surface area (Å²) >= 11 is 0. The van der Waals surface area contributed by atoms with Crippen molar-refractivity contribution in [2.75, 3.05) is 44.7 Å². The van der Waals surface area contributed by atoms with E-state index >= 15 is 0 Å². The SMILES string of the molecule is CCCCCCCCCCCCCCNC(=O)C[N+]1(C)CC(CS(=O)(=O)O)C(CS(=O)(=O)O)C1. The summed E-state index contributed by atoms with van der Waals surface area (Å²) in [4.78, 5) is 12.4. The molecule has 1 rings (SSSR count). The van der Waals surface area contributed by atoms with Crippen molar-refractivity contribution in [3.05, 3.63) is 0 Å². The monoisotopic (exact) mass is 527 g/mol. The second kappa shape index (κ2) is 15.4. The van der Waals surface area contributed by atoms with Crippen molar-refractivity contribution in [3.63, 3.8) is 0 Å². The summed E-state index contributed by atoms with van der Waals surface area (Å²) in [5.41, 5.74) is 0. The number of likely N-dealkylation sites (N-methyl/N-ethyl adjacent to an activating group) is 1. The molecule has 0 saturated carbocycles. The highest BCUT2D eigenvalue weighted by Gasteiger charge is 2.46. The van der Waals surface area contributed by atoms with Crippen LogP contribution < -0.4 is 5.32 Å². The molecular formula is C23H47N2O7S2+. The number of carbonyl (C=O) groups is 1. The Balaban J connectivity index is 2.25. The van der Waals surface area contributed by atoms with E-state index in [1.807, 2.05) is 0 Å². The molecule has 1 amide bonds. The van der Waals surface area contributed by atoms with Gasteiger partial charge in [0, 0.05) is 18.4 Å². The van der Waals surface area contributed by atoms with Crippen LogP contribution in [0.3, 0.4) is 0 Å². The maximum Gasteiger partial charge on any atom is 0.275 e. The van der Waals surface area contributed by atoms with Crippen LogP contribution in [0.1, 0.15) is 84.0 Å². The van der Waals surface area contributed by atoms with Crippen molar-refractivity contribution in [2.45, 2.75) is 84.0 Å². The lowest BCUT2D eigenvalue weighted by Gasteiger charge is -2.29. The highest BCUT2D eigenvalue weighted by molar-refractivity contribution is 7.86. The Bertz CT molecular complexity index is 758. The van der Waals surface area contributed by atoms with Crippen LogP contribution in [0.5, 0.6) is 0 Å². The molecule has 3 N–H and O–H groups in total. The molecule has 0 aliphatic carbocycles. The van der Waals surface area contributed by atoms with E-state index in [2.05, 4.69) is 12.2 Å². The first-order valence-electron chi connectivity index (χ1n) is 12.8. The maximum atomic E-state index is 12.4. The zero-order valence-corrected chi connectivity index (χ0v) is 22.7. The summed E-state index contributed by atoms with van der Waals surface area (Å²) in [6.45, 7) is 3.40. The molecular weight excluding hydrogens is 480 g/mol. The highest BCUT2D eigenvalue weighted by atomic mass is 32.2. The first kappa shape index (κ1) is 31.3. The van der Waals surface area contributed by atoms with Crippen LogP contribution >= 0.6 is 0 Å². The Morgan fingerprint density at radius 1 is 0.765 bits per heavy atom. The number of likely N-dealkylation sites (tertiary alicyclic amines) is 1. The van der Waals surface area contributed by atoms with Crippen LogP contribution in [0.2, 0.25) is 0 Å². The molecule has 0 radical (unpaired) electrons. The van der Waals surface area contributed by atoms with Crippen molar-refractivity contribution >= 4 is 26.1 Å². The molecule has 9 nitrogen and oxygen atoms in total. The van der Waals surface area contributed by atoms with Crippen LogP contribution in [0.4, 0.5) is 0 Å². The standard InChI is InChI=1S/C23H46N2O7S2/c1-3-4-5-6-7-8-9-10-11-12-13-14-15-24-23(26)18-25(2)16-21(19-33(27,28)29)22(17-25)20-34(30,31)32/h21-22H,3-20H2,1-2H3,(H2-,24,26,27,28,29,30,31,32)/p+1. The summed E-state index contributed by atoms with van der Waals surface area (Å²) in [6.07, 6.45) is 14.9. The summed E-state index contributed by atoms with van der Waals surface area (Å²) < 4.78 is 63.9. The third-order valence-corrected chi connectivity index (χ3v) is 8.44. The highest BCUT2D eigenvalue weighted by Crippen LogP contribution is 2.30. The molecule has 1 heterocycles. The summed E-state index contributed by atoms with van der Waals surface area (Å²) in [5, 5.41) is 2.91. The van der Waals surface area contributed by atoms with Crippen molar-refractivity contribution in [1.82, 2.24) is 5.32 Å². The Hall–Kier alpha value is -0.750. The average Bonchev–Trinajstić information content (AvgIpc) is 2.96. The van der Waals surface area contributed by atoms with Crippen LogP contribution in [-0.4, -0.2) is 81.1 Å². The van der Waals surface area contributed by atoms with Gasteiger partial charge in [-0.2, -0.15) is 16.8 Å². The van der Waals surface area contributed by atoms with Gasteiger partial charge in [0.15, 0.2) is 6.54 Å². The third kappa shape index (κ3) is 15.3. The number of hydrogen-bond donors (Lipinski definition) is 3. The van der Waals surface area contributed by atoms with Crippen molar-refractivity contribution in [1.29, 1.82) is 0 Å². The normalized spacial score (nSPS) is 23.3. The van der Waals surface area contributed by atoms with Crippen LogP contribution in [0, 0.1) is 11.8 Å². The number of nitrogens with one attached hydrogen (secondary N) is 1. The molecule has 202 valence electrons. The second-order valence-electron chi connectivity index (χ2n) is 10.4. The fourth-order valence-corrected chi connectivity index (χ4v) is 6.99. The van der Waals surface area contributed by atoms with Gasteiger partial charge in [-0.1, -0.05) is 77.6 Å². The summed E-state index contributed by atoms with van der Waals surface area (Å²) in [5.74, 6) is -2.62. The minimum absolute atomic E-state index is 0.0994. The molecule has 0 aromatic heterocycles. The molecule has 0 bridgehead atoms. The summed E-state index contributed by atoms with van der Waals surface area (Å²) in [6, 6.07) is 0. The van der Waals surface area contributed by atoms with Gasteiger partial charge in [-0.05, 0) is 6.42 Å². The summed E-state index contributed by atoms with van der Waals surface area (Å²) in [7, 11) is -6.83. The van der Waals surface area contributed by atoms with E-state index in [-0.39, 0.29) is 30.0 Å². The van der Waals surface area contributed by atoms with Gasteiger partial charge in [0.2, 0.25) is 0 Å². The van der Waals surface area contributed by atoms with Crippen LogP contribution in [-0.2, 0) is 25.0 Å². The Kier molecular flexibility index (Phi) is 14.2. The van der Waals surface area contributed by atoms with Gasteiger partial charge in [0.25, 0.3) is 26.1 Å². The van der Waals surface area contributed by atoms with Crippen LogP contribution in [0.25, 0.3) is 0 Å². The maximum absolute atomic E-state index is 12.4. The molecule has 1 saturated heterocycles. The zero-order chi connectivity index (χ0) is 25.7. The predicted molar refractivity (Wildman–Crippen MR) is 135 cm³/mol. The fraction of sp³-hybridized carbons (Fsp3) is 0.957. The molecule has 34 heavy (non-hydrogen) atoms. The van der Waals surface area contributed by atoms with E-state index < -0.39 is 43.6 Å². The number of unbranched alkanes of at least 4 members (excludes halogenated alkanes) is 11. The van der Waals surface area contributed by atoms with Crippen molar-refractivity contribution in [2.24, 2.45) is 11.8 Å². The molecule has 11 heteroatoms. The lowest BCUT2D eigenvalue weighted by Crippen LogP contribution is -2.49. The average molecular weight is 528 g/mol. The van der Waals surface area contributed by atoms with E-state index in [1.54, 1.807) is 7.05 Å². The van der Waals surface area contributed by atoms with E-state index in [9.17, 15) is 30.7 Å². The number of quaternary nitrogens is 1. The number of amides is 1. The van der Waals surface area contributed by atoms with Gasteiger partial charge in [-0.25, -0.2) is 0 Å². The molecule has 2 atom stereocenters.